The summed E-state index contributed by atoms with van der Waals surface area (Å²) in [6.45, 7) is 0.446. The highest BCUT2D eigenvalue weighted by Crippen LogP contribution is 2.29. The molecule has 8 heteroatoms. The van der Waals surface area contributed by atoms with Gasteiger partial charge in [0, 0.05) is 13.6 Å². The zero-order chi connectivity index (χ0) is 15.4. The summed E-state index contributed by atoms with van der Waals surface area (Å²) in [4.78, 5) is 19.8. The number of benzene rings is 1. The van der Waals surface area contributed by atoms with E-state index in [2.05, 4.69) is 9.97 Å². The average molecular weight is 289 g/mol. The van der Waals surface area contributed by atoms with Crippen molar-refractivity contribution in [1.82, 2.24) is 9.97 Å². The van der Waals surface area contributed by atoms with Crippen molar-refractivity contribution < 1.29 is 9.66 Å². The van der Waals surface area contributed by atoms with Crippen LogP contribution in [0, 0.1) is 10.1 Å². The van der Waals surface area contributed by atoms with Gasteiger partial charge in [-0.3, -0.25) is 10.1 Å². The molecule has 0 fully saturated rings. The molecule has 0 aliphatic carbocycles. The number of nitro groups is 1. The lowest BCUT2D eigenvalue weighted by molar-refractivity contribution is -0.383. The van der Waals surface area contributed by atoms with E-state index in [4.69, 9.17) is 10.5 Å². The van der Waals surface area contributed by atoms with Crippen LogP contribution in [0.4, 0.5) is 17.3 Å². The van der Waals surface area contributed by atoms with E-state index in [-0.39, 0.29) is 17.3 Å². The van der Waals surface area contributed by atoms with E-state index in [0.717, 1.165) is 11.3 Å². The lowest BCUT2D eigenvalue weighted by Gasteiger charge is -2.18. The van der Waals surface area contributed by atoms with Crippen molar-refractivity contribution in [2.75, 3.05) is 24.8 Å². The molecular weight excluding hydrogens is 274 g/mol. The molecule has 0 aliphatic heterocycles. The molecule has 0 amide bonds. The van der Waals surface area contributed by atoms with Crippen LogP contribution in [-0.4, -0.2) is 29.0 Å². The number of nitrogen functional groups attached to an aromatic ring is 1. The molecule has 2 rings (SSSR count). The summed E-state index contributed by atoms with van der Waals surface area (Å²) in [5.74, 6) is 0.786. The van der Waals surface area contributed by atoms with E-state index < -0.39 is 4.92 Å². The van der Waals surface area contributed by atoms with Gasteiger partial charge in [0.1, 0.15) is 12.1 Å². The molecule has 0 saturated heterocycles. The molecular formula is C13H15N5O3. The van der Waals surface area contributed by atoms with Crippen LogP contribution in [0.2, 0.25) is 0 Å². The predicted molar refractivity (Wildman–Crippen MR) is 78.2 cm³/mol. The van der Waals surface area contributed by atoms with Gasteiger partial charge >= 0.3 is 5.69 Å². The summed E-state index contributed by atoms with van der Waals surface area (Å²) in [6.07, 6.45) is 1.21. The van der Waals surface area contributed by atoms with Crippen molar-refractivity contribution in [3.63, 3.8) is 0 Å². The SMILES string of the molecule is COc1ccc(CN(C)c2ncnc(N)c2[N+](=O)[O-])cc1. The van der Waals surface area contributed by atoms with Crippen LogP contribution >= 0.6 is 0 Å². The van der Waals surface area contributed by atoms with Crippen molar-refractivity contribution in [2.24, 2.45) is 0 Å². The van der Waals surface area contributed by atoms with E-state index in [1.807, 2.05) is 24.3 Å². The third-order valence-electron chi connectivity index (χ3n) is 2.95. The minimum absolute atomic E-state index is 0.147. The van der Waals surface area contributed by atoms with Gasteiger partial charge in [0.2, 0.25) is 11.6 Å². The van der Waals surface area contributed by atoms with Crippen LogP contribution in [0.1, 0.15) is 5.56 Å². The number of anilines is 2. The molecule has 2 aromatic rings. The minimum Gasteiger partial charge on any atom is -0.497 e. The van der Waals surface area contributed by atoms with Gasteiger partial charge < -0.3 is 15.4 Å². The van der Waals surface area contributed by atoms with Crippen molar-refractivity contribution in [3.05, 3.63) is 46.3 Å². The smallest absolute Gasteiger partial charge is 0.353 e. The number of nitrogens with zero attached hydrogens (tertiary/aromatic N) is 4. The van der Waals surface area contributed by atoms with E-state index in [1.165, 1.54) is 6.33 Å². The molecule has 8 nitrogen and oxygen atoms in total. The summed E-state index contributed by atoms with van der Waals surface area (Å²) in [6, 6.07) is 7.41. The number of ether oxygens (including phenoxy) is 1. The number of hydrogen-bond acceptors (Lipinski definition) is 7. The monoisotopic (exact) mass is 289 g/mol. The van der Waals surface area contributed by atoms with Gasteiger partial charge in [0.15, 0.2) is 0 Å². The second-order valence-electron chi connectivity index (χ2n) is 4.39. The van der Waals surface area contributed by atoms with Crippen molar-refractivity contribution in [1.29, 1.82) is 0 Å². The van der Waals surface area contributed by atoms with Crippen LogP contribution in [0.15, 0.2) is 30.6 Å². The number of aromatic nitrogens is 2. The average Bonchev–Trinajstić information content (AvgIpc) is 2.47. The first-order valence-electron chi connectivity index (χ1n) is 6.12. The lowest BCUT2D eigenvalue weighted by atomic mass is 10.2. The Hall–Kier alpha value is -2.90. The maximum atomic E-state index is 11.1. The van der Waals surface area contributed by atoms with Crippen LogP contribution in [0.25, 0.3) is 0 Å². The van der Waals surface area contributed by atoms with Crippen LogP contribution in [-0.2, 0) is 6.54 Å². The molecule has 0 aliphatic rings. The molecule has 1 aromatic carbocycles. The Kier molecular flexibility index (Phi) is 4.17. The quantitative estimate of drug-likeness (QED) is 0.658. The fraction of sp³-hybridized carbons (Fsp3) is 0.231. The normalized spacial score (nSPS) is 10.2. The van der Waals surface area contributed by atoms with Gasteiger partial charge in [-0.05, 0) is 17.7 Å². The standard InChI is InChI=1S/C13H15N5O3/c1-17(7-9-3-5-10(21-2)6-4-9)13-11(18(19)20)12(14)15-8-16-13/h3-6,8H,7H2,1-2H3,(H2,14,15,16). The molecule has 21 heavy (non-hydrogen) atoms. The fourth-order valence-electron chi connectivity index (χ4n) is 1.92. The van der Waals surface area contributed by atoms with Crippen LogP contribution in [0.5, 0.6) is 5.75 Å². The molecule has 0 spiro atoms. The van der Waals surface area contributed by atoms with Gasteiger partial charge in [0.05, 0.1) is 12.0 Å². The second-order valence-corrected chi connectivity index (χ2v) is 4.39. The first-order valence-corrected chi connectivity index (χ1v) is 6.12. The highest BCUT2D eigenvalue weighted by Gasteiger charge is 2.23. The maximum Gasteiger partial charge on any atom is 0.353 e. The Morgan fingerprint density at radius 1 is 1.33 bits per heavy atom. The van der Waals surface area contributed by atoms with E-state index in [9.17, 15) is 10.1 Å². The largest absolute Gasteiger partial charge is 0.497 e. The third-order valence-corrected chi connectivity index (χ3v) is 2.95. The van der Waals surface area contributed by atoms with Gasteiger partial charge in [-0.25, -0.2) is 9.97 Å². The van der Waals surface area contributed by atoms with Crippen LogP contribution in [0.3, 0.4) is 0 Å². The van der Waals surface area contributed by atoms with Gasteiger partial charge in [-0.2, -0.15) is 0 Å². The second kappa shape index (κ2) is 6.04. The Morgan fingerprint density at radius 3 is 2.57 bits per heavy atom. The first kappa shape index (κ1) is 14.5. The molecule has 0 radical (unpaired) electrons. The van der Waals surface area contributed by atoms with Crippen molar-refractivity contribution in [2.45, 2.75) is 6.54 Å². The number of rotatable bonds is 5. The van der Waals surface area contributed by atoms with E-state index in [1.54, 1.807) is 19.1 Å². The lowest BCUT2D eigenvalue weighted by Crippen LogP contribution is -2.20. The van der Waals surface area contributed by atoms with Gasteiger partial charge in [-0.1, -0.05) is 12.1 Å². The summed E-state index contributed by atoms with van der Waals surface area (Å²) in [7, 11) is 3.30. The highest BCUT2D eigenvalue weighted by molar-refractivity contribution is 5.68. The zero-order valence-corrected chi connectivity index (χ0v) is 11.7. The molecule has 0 bridgehead atoms. The number of methoxy groups -OCH3 is 1. The van der Waals surface area contributed by atoms with E-state index >= 15 is 0 Å². The van der Waals surface area contributed by atoms with Crippen molar-refractivity contribution >= 4 is 17.3 Å². The Labute approximate surface area is 121 Å². The summed E-state index contributed by atoms with van der Waals surface area (Å²) in [5, 5.41) is 11.1. The molecule has 110 valence electrons. The first-order chi connectivity index (χ1) is 10.0. The topological polar surface area (TPSA) is 107 Å². The molecule has 2 N–H and O–H groups in total. The highest BCUT2D eigenvalue weighted by atomic mass is 16.6. The Morgan fingerprint density at radius 2 is 2.00 bits per heavy atom. The summed E-state index contributed by atoms with van der Waals surface area (Å²) >= 11 is 0. The molecule has 0 saturated carbocycles. The third kappa shape index (κ3) is 3.16. The van der Waals surface area contributed by atoms with Gasteiger partial charge in [0.25, 0.3) is 0 Å². The van der Waals surface area contributed by atoms with Gasteiger partial charge in [-0.15, -0.1) is 0 Å². The Bertz CT molecular complexity index is 645. The molecule has 0 unspecified atom stereocenters. The summed E-state index contributed by atoms with van der Waals surface area (Å²) < 4.78 is 5.09. The number of hydrogen-bond donors (Lipinski definition) is 1. The van der Waals surface area contributed by atoms with Crippen molar-refractivity contribution in [3.8, 4) is 5.75 Å². The summed E-state index contributed by atoms with van der Waals surface area (Å²) in [5.41, 5.74) is 6.23. The number of nitrogens with two attached hydrogens (primary N) is 1. The Balaban J connectivity index is 2.25. The maximum absolute atomic E-state index is 11.1. The zero-order valence-electron chi connectivity index (χ0n) is 11.7. The molecule has 0 atom stereocenters. The predicted octanol–water partition coefficient (Wildman–Crippen LogP) is 1.61. The minimum atomic E-state index is -0.574. The van der Waals surface area contributed by atoms with E-state index in [0.29, 0.717) is 6.54 Å². The molecule has 1 heterocycles. The fourth-order valence-corrected chi connectivity index (χ4v) is 1.92. The van der Waals surface area contributed by atoms with Crippen LogP contribution < -0.4 is 15.4 Å². The molecule has 1 aromatic heterocycles.